The largest absolute Gasteiger partial charge is 0.337 e. The molecule has 23 heavy (non-hydrogen) atoms. The molecular formula is C17H21N3OS2. The number of nitrogens with zero attached hydrogens (tertiary/aromatic N) is 3. The minimum absolute atomic E-state index is 0.109. The quantitative estimate of drug-likeness (QED) is 0.844. The molecule has 1 aliphatic heterocycles. The van der Waals surface area contributed by atoms with Crippen LogP contribution in [0.25, 0.3) is 0 Å². The van der Waals surface area contributed by atoms with Crippen LogP contribution in [0.15, 0.2) is 30.3 Å². The zero-order valence-corrected chi connectivity index (χ0v) is 14.9. The van der Waals surface area contributed by atoms with Crippen molar-refractivity contribution in [2.75, 3.05) is 18.8 Å². The minimum atomic E-state index is 0.109. The molecule has 6 heteroatoms. The summed E-state index contributed by atoms with van der Waals surface area (Å²) in [7, 11) is 0. The Labute approximate surface area is 145 Å². The molecule has 4 nitrogen and oxygen atoms in total. The summed E-state index contributed by atoms with van der Waals surface area (Å²) >= 11 is 3.18. The van der Waals surface area contributed by atoms with Crippen LogP contribution in [-0.2, 0) is 6.42 Å². The van der Waals surface area contributed by atoms with Gasteiger partial charge < -0.3 is 4.90 Å². The van der Waals surface area contributed by atoms with Gasteiger partial charge in [-0.3, -0.25) is 4.79 Å². The first kappa shape index (κ1) is 16.5. The summed E-state index contributed by atoms with van der Waals surface area (Å²) in [5.74, 6) is 1.08. The van der Waals surface area contributed by atoms with E-state index < -0.39 is 0 Å². The summed E-state index contributed by atoms with van der Waals surface area (Å²) in [6, 6.07) is 10.6. The van der Waals surface area contributed by atoms with Gasteiger partial charge >= 0.3 is 0 Å². The lowest BCUT2D eigenvalue weighted by atomic mass is 10.1. The molecule has 122 valence electrons. The zero-order chi connectivity index (χ0) is 16.1. The Morgan fingerprint density at radius 2 is 2.13 bits per heavy atom. The standard InChI is InChI=1S/C17H21N3OS2/c1-2-6-14-16(23-19-18-14)17(21)20-10-9-15(22-12-11-20)13-7-4-3-5-8-13/h3-5,7-8,15H,2,6,9-12H2,1H3/t15-/m1/s1. The van der Waals surface area contributed by atoms with Gasteiger partial charge in [-0.05, 0) is 29.9 Å². The molecule has 0 N–H and O–H groups in total. The molecule has 1 amide bonds. The molecule has 0 unspecified atom stereocenters. The van der Waals surface area contributed by atoms with Gasteiger partial charge in [0.1, 0.15) is 4.88 Å². The Morgan fingerprint density at radius 1 is 1.30 bits per heavy atom. The van der Waals surface area contributed by atoms with E-state index in [0.29, 0.717) is 5.25 Å². The highest BCUT2D eigenvalue weighted by atomic mass is 32.2. The van der Waals surface area contributed by atoms with E-state index in [1.165, 1.54) is 17.1 Å². The second kappa shape index (κ2) is 7.93. The lowest BCUT2D eigenvalue weighted by molar-refractivity contribution is 0.0770. The first-order valence-corrected chi connectivity index (χ1v) is 9.89. The average Bonchev–Trinajstić information content (AvgIpc) is 2.90. The molecule has 1 fully saturated rings. The van der Waals surface area contributed by atoms with Crippen LogP contribution in [0, 0.1) is 0 Å². The van der Waals surface area contributed by atoms with Gasteiger partial charge in [0.25, 0.3) is 5.91 Å². The highest BCUT2D eigenvalue weighted by Gasteiger charge is 2.25. The fourth-order valence-electron chi connectivity index (χ4n) is 2.82. The van der Waals surface area contributed by atoms with Crippen LogP contribution in [0.4, 0.5) is 0 Å². The summed E-state index contributed by atoms with van der Waals surface area (Å²) in [5, 5.41) is 4.60. The molecule has 2 aromatic rings. The van der Waals surface area contributed by atoms with Gasteiger partial charge in [-0.2, -0.15) is 11.8 Å². The van der Waals surface area contributed by atoms with Gasteiger partial charge in [0.2, 0.25) is 0 Å². The second-order valence-corrected chi connectivity index (χ2v) is 7.71. The van der Waals surface area contributed by atoms with Crippen LogP contribution in [0.2, 0.25) is 0 Å². The third-order valence-electron chi connectivity index (χ3n) is 4.04. The molecular weight excluding hydrogens is 326 g/mol. The minimum Gasteiger partial charge on any atom is -0.337 e. The summed E-state index contributed by atoms with van der Waals surface area (Å²) < 4.78 is 3.98. The number of amides is 1. The Kier molecular flexibility index (Phi) is 5.67. The Bertz CT molecular complexity index is 644. The van der Waals surface area contributed by atoms with Crippen molar-refractivity contribution in [2.45, 2.75) is 31.4 Å². The first-order chi connectivity index (χ1) is 11.3. The van der Waals surface area contributed by atoms with E-state index >= 15 is 0 Å². The SMILES string of the molecule is CCCc1nnsc1C(=O)N1CCS[C@@H](c2ccccc2)CC1. The predicted molar refractivity (Wildman–Crippen MR) is 96.1 cm³/mol. The lowest BCUT2D eigenvalue weighted by Gasteiger charge is -2.19. The molecule has 0 bridgehead atoms. The predicted octanol–water partition coefficient (Wildman–Crippen LogP) is 3.81. The van der Waals surface area contributed by atoms with Crippen molar-refractivity contribution in [3.8, 4) is 0 Å². The number of benzene rings is 1. The van der Waals surface area contributed by atoms with Crippen LogP contribution in [-0.4, -0.2) is 39.2 Å². The molecule has 1 aromatic carbocycles. The number of carbonyl (C=O) groups is 1. The van der Waals surface area contributed by atoms with Crippen LogP contribution < -0.4 is 0 Å². The molecule has 1 aromatic heterocycles. The van der Waals surface area contributed by atoms with E-state index in [2.05, 4.69) is 40.8 Å². The number of thioether (sulfide) groups is 1. The van der Waals surface area contributed by atoms with Crippen LogP contribution >= 0.6 is 23.3 Å². The van der Waals surface area contributed by atoms with Crippen molar-refractivity contribution in [3.05, 3.63) is 46.5 Å². The monoisotopic (exact) mass is 347 g/mol. The highest BCUT2D eigenvalue weighted by molar-refractivity contribution is 7.99. The van der Waals surface area contributed by atoms with E-state index in [1.54, 1.807) is 0 Å². The Hall–Kier alpha value is -1.40. The molecule has 2 heterocycles. The van der Waals surface area contributed by atoms with Gasteiger partial charge in [0.05, 0.1) is 5.69 Å². The van der Waals surface area contributed by atoms with Crippen LogP contribution in [0.1, 0.15) is 45.9 Å². The Balaban J connectivity index is 1.68. The fraction of sp³-hybridized carbons (Fsp3) is 0.471. The highest BCUT2D eigenvalue weighted by Crippen LogP contribution is 2.34. The van der Waals surface area contributed by atoms with E-state index in [-0.39, 0.29) is 5.91 Å². The van der Waals surface area contributed by atoms with Gasteiger partial charge in [-0.25, -0.2) is 0 Å². The van der Waals surface area contributed by atoms with Crippen molar-refractivity contribution < 1.29 is 4.79 Å². The van der Waals surface area contributed by atoms with Crippen molar-refractivity contribution >= 4 is 29.2 Å². The summed E-state index contributed by atoms with van der Waals surface area (Å²) in [5.41, 5.74) is 2.22. The van der Waals surface area contributed by atoms with Gasteiger partial charge in [-0.1, -0.05) is 48.2 Å². The molecule has 0 saturated carbocycles. The summed E-state index contributed by atoms with van der Waals surface area (Å²) in [4.78, 5) is 15.5. The number of aryl methyl sites for hydroxylation is 1. The van der Waals surface area contributed by atoms with Crippen LogP contribution in [0.5, 0.6) is 0 Å². The fourth-order valence-corrected chi connectivity index (χ4v) is 4.73. The molecule has 0 radical (unpaired) electrons. The summed E-state index contributed by atoms with van der Waals surface area (Å²) in [6.45, 7) is 3.70. The van der Waals surface area contributed by atoms with Crippen LogP contribution in [0.3, 0.4) is 0 Å². The van der Waals surface area contributed by atoms with Gasteiger partial charge in [0, 0.05) is 24.1 Å². The normalized spacial score (nSPS) is 18.7. The number of rotatable bonds is 4. The molecule has 0 spiro atoms. The topological polar surface area (TPSA) is 46.1 Å². The lowest BCUT2D eigenvalue weighted by Crippen LogP contribution is -2.33. The number of hydrogen-bond acceptors (Lipinski definition) is 5. The second-order valence-electron chi connectivity index (χ2n) is 5.65. The number of aromatic nitrogens is 2. The maximum absolute atomic E-state index is 12.8. The van der Waals surface area contributed by atoms with E-state index in [1.807, 2.05) is 22.7 Å². The molecule has 0 aliphatic carbocycles. The van der Waals surface area contributed by atoms with Crippen molar-refractivity contribution in [3.63, 3.8) is 0 Å². The number of carbonyl (C=O) groups excluding carboxylic acids is 1. The summed E-state index contributed by atoms with van der Waals surface area (Å²) in [6.07, 6.45) is 2.81. The van der Waals surface area contributed by atoms with E-state index in [4.69, 9.17) is 0 Å². The molecule has 1 atom stereocenters. The molecule has 1 aliphatic rings. The molecule has 3 rings (SSSR count). The van der Waals surface area contributed by atoms with Crippen molar-refractivity contribution in [1.82, 2.24) is 14.5 Å². The van der Waals surface area contributed by atoms with Gasteiger partial charge in [0.15, 0.2) is 0 Å². The van der Waals surface area contributed by atoms with Crippen molar-refractivity contribution in [2.24, 2.45) is 0 Å². The number of hydrogen-bond donors (Lipinski definition) is 0. The van der Waals surface area contributed by atoms with E-state index in [9.17, 15) is 4.79 Å². The van der Waals surface area contributed by atoms with Gasteiger partial charge in [-0.15, -0.1) is 5.10 Å². The maximum atomic E-state index is 12.8. The third-order valence-corrected chi connectivity index (χ3v) is 6.12. The van der Waals surface area contributed by atoms with E-state index in [0.717, 1.165) is 48.7 Å². The maximum Gasteiger partial charge on any atom is 0.267 e. The third kappa shape index (κ3) is 3.93. The smallest absolute Gasteiger partial charge is 0.267 e. The molecule has 1 saturated heterocycles. The Morgan fingerprint density at radius 3 is 2.91 bits per heavy atom. The van der Waals surface area contributed by atoms with Crippen molar-refractivity contribution in [1.29, 1.82) is 0 Å². The first-order valence-electron chi connectivity index (χ1n) is 8.06. The average molecular weight is 348 g/mol. The zero-order valence-electron chi connectivity index (χ0n) is 13.3.